The van der Waals surface area contributed by atoms with Crippen LogP contribution in [0, 0.1) is 11.8 Å². The third-order valence-electron chi connectivity index (χ3n) is 7.78. The van der Waals surface area contributed by atoms with Gasteiger partial charge in [-0.25, -0.2) is 4.79 Å². The Labute approximate surface area is 249 Å². The van der Waals surface area contributed by atoms with E-state index in [1.807, 2.05) is 27.7 Å². The lowest BCUT2D eigenvalue weighted by molar-refractivity contribution is -0.153. The first-order valence-corrected chi connectivity index (χ1v) is 15.4. The number of aliphatic carboxylic acids is 1. The fourth-order valence-corrected chi connectivity index (χ4v) is 5.34. The molecule has 0 spiro atoms. The Morgan fingerprint density at radius 2 is 1.68 bits per heavy atom. The molecule has 0 aromatic heterocycles. The average Bonchev–Trinajstić information content (AvgIpc) is 3.40. The number of hydrogen-bond acceptors (Lipinski definition) is 6. The minimum absolute atomic E-state index is 0.0536. The normalized spacial score (nSPS) is 19.3. The quantitative estimate of drug-likeness (QED) is 0.137. The van der Waals surface area contributed by atoms with E-state index in [2.05, 4.69) is 5.32 Å². The van der Waals surface area contributed by atoms with Crippen molar-refractivity contribution in [1.82, 2.24) is 15.1 Å². The zero-order valence-electron chi connectivity index (χ0n) is 24.7. The molecule has 1 rings (SSSR count). The number of likely N-dealkylation sites (N-methyl/N-ethyl adjacent to an activating group) is 1. The maximum absolute atomic E-state index is 13.7. The van der Waals surface area contributed by atoms with Crippen molar-refractivity contribution in [3.63, 3.8) is 0 Å². The van der Waals surface area contributed by atoms with Gasteiger partial charge in [-0.1, -0.05) is 59.8 Å². The van der Waals surface area contributed by atoms with Crippen LogP contribution >= 0.6 is 23.2 Å². The summed E-state index contributed by atoms with van der Waals surface area (Å²) in [6, 6.07) is -3.57. The summed E-state index contributed by atoms with van der Waals surface area (Å²) >= 11 is 11.5. The van der Waals surface area contributed by atoms with E-state index in [-0.39, 0.29) is 16.7 Å². The number of alkyl halides is 2. The van der Waals surface area contributed by atoms with Gasteiger partial charge in [0, 0.05) is 19.6 Å². The summed E-state index contributed by atoms with van der Waals surface area (Å²) in [7, 11) is 1.51. The smallest absolute Gasteiger partial charge is 0.326 e. The highest BCUT2D eigenvalue weighted by molar-refractivity contribution is 6.44. The molecule has 6 atom stereocenters. The van der Waals surface area contributed by atoms with Crippen molar-refractivity contribution < 1.29 is 29.4 Å². The number of amides is 3. The van der Waals surface area contributed by atoms with Crippen LogP contribution in [0.15, 0.2) is 0 Å². The molecule has 1 saturated heterocycles. The molecule has 6 unspecified atom stereocenters. The van der Waals surface area contributed by atoms with Crippen LogP contribution in [0.25, 0.3) is 0 Å². The molecule has 10 nitrogen and oxygen atoms in total. The Kier molecular flexibility index (Phi) is 16.4. The molecule has 3 amide bonds. The Hall–Kier alpha value is -1.62. The summed E-state index contributed by atoms with van der Waals surface area (Å²) in [6.45, 7) is 7.87. The first-order valence-electron chi connectivity index (χ1n) is 14.5. The molecule has 1 aliphatic heterocycles. The minimum Gasteiger partial charge on any atom is -0.480 e. The van der Waals surface area contributed by atoms with Crippen LogP contribution in [-0.4, -0.2) is 92.4 Å². The largest absolute Gasteiger partial charge is 0.480 e. The lowest BCUT2D eigenvalue weighted by atomic mass is 9.94. The predicted molar refractivity (Wildman–Crippen MR) is 157 cm³/mol. The molecule has 0 aromatic rings. The molecule has 5 N–H and O–H groups in total. The Bertz CT molecular complexity index is 831. The van der Waals surface area contributed by atoms with Crippen LogP contribution in [0.2, 0.25) is 0 Å². The summed E-state index contributed by atoms with van der Waals surface area (Å²) in [4.78, 5) is 54.3. The van der Waals surface area contributed by atoms with Crippen LogP contribution in [-0.2, 0) is 19.2 Å². The van der Waals surface area contributed by atoms with Gasteiger partial charge in [-0.2, -0.15) is 0 Å². The average molecular weight is 610 g/mol. The van der Waals surface area contributed by atoms with E-state index in [4.69, 9.17) is 28.9 Å². The number of nitrogens with zero attached hydrogens (tertiary/aromatic N) is 2. The molecule has 40 heavy (non-hydrogen) atoms. The molecule has 0 aliphatic carbocycles. The predicted octanol–water partition coefficient (Wildman–Crippen LogP) is 3.30. The summed E-state index contributed by atoms with van der Waals surface area (Å²) < 4.78 is 0. The first-order chi connectivity index (χ1) is 18.7. The zero-order chi connectivity index (χ0) is 30.6. The van der Waals surface area contributed by atoms with Gasteiger partial charge in [0.25, 0.3) is 5.91 Å². The van der Waals surface area contributed by atoms with Crippen molar-refractivity contribution in [1.29, 1.82) is 0 Å². The fraction of sp³-hybridized carbons (Fsp3) is 0.857. The Morgan fingerprint density at radius 1 is 1.07 bits per heavy atom. The molecule has 0 bridgehead atoms. The lowest BCUT2D eigenvalue weighted by Crippen LogP contribution is -2.59. The topological polar surface area (TPSA) is 153 Å². The number of nitrogens with one attached hydrogen (secondary N) is 1. The molecular weight excluding hydrogens is 559 g/mol. The van der Waals surface area contributed by atoms with Gasteiger partial charge in [0.05, 0.1) is 0 Å². The van der Waals surface area contributed by atoms with Crippen molar-refractivity contribution in [2.24, 2.45) is 17.6 Å². The van der Waals surface area contributed by atoms with Crippen LogP contribution < -0.4 is 11.1 Å². The molecule has 1 aliphatic rings. The van der Waals surface area contributed by atoms with E-state index < -0.39 is 54.0 Å². The number of hydrogen-bond donors (Lipinski definition) is 4. The van der Waals surface area contributed by atoms with E-state index >= 15 is 0 Å². The number of carboxylic acid groups (broad SMARTS) is 1. The van der Waals surface area contributed by atoms with Crippen molar-refractivity contribution in [2.45, 2.75) is 127 Å². The second-order valence-electron chi connectivity index (χ2n) is 11.5. The van der Waals surface area contributed by atoms with Crippen molar-refractivity contribution in [3.05, 3.63) is 0 Å². The summed E-state index contributed by atoms with van der Waals surface area (Å²) in [5.74, 6) is -2.90. The van der Waals surface area contributed by atoms with Gasteiger partial charge in [0.15, 0.2) is 0 Å². The second kappa shape index (κ2) is 18.0. The number of likely N-dealkylation sites (tertiary alicyclic amines) is 1. The molecule has 232 valence electrons. The van der Waals surface area contributed by atoms with Crippen molar-refractivity contribution in [2.75, 3.05) is 13.6 Å². The van der Waals surface area contributed by atoms with Gasteiger partial charge < -0.3 is 31.1 Å². The standard InChI is InChI=1S/C28H50Cl2N4O6/c1-6-18(4)23(32-25(36)24(35)19(31)12-9-7-8-10-14-22(29)30)27(38)33(5)21(16-17(2)3)26(37)34-15-11-13-20(34)28(39)40/h17-24,35H,6-16,31H2,1-5H3,(H,32,36)(H,39,40). The van der Waals surface area contributed by atoms with Crippen LogP contribution in [0.4, 0.5) is 0 Å². The number of carboxylic acids is 1. The maximum Gasteiger partial charge on any atom is 0.326 e. The molecule has 0 aromatic carbocycles. The molecular formula is C28H50Cl2N4O6. The number of rotatable bonds is 18. The van der Waals surface area contributed by atoms with Gasteiger partial charge in [0.1, 0.15) is 29.1 Å². The highest BCUT2D eigenvalue weighted by atomic mass is 35.5. The molecule has 0 radical (unpaired) electrons. The minimum atomic E-state index is -1.49. The third-order valence-corrected chi connectivity index (χ3v) is 8.21. The van der Waals surface area contributed by atoms with Gasteiger partial charge >= 0.3 is 5.97 Å². The zero-order valence-corrected chi connectivity index (χ0v) is 26.2. The maximum atomic E-state index is 13.7. The molecule has 1 heterocycles. The van der Waals surface area contributed by atoms with Crippen molar-refractivity contribution >= 4 is 46.9 Å². The van der Waals surface area contributed by atoms with Gasteiger partial charge in [0.2, 0.25) is 11.8 Å². The van der Waals surface area contributed by atoms with Gasteiger partial charge in [-0.05, 0) is 43.9 Å². The van der Waals surface area contributed by atoms with Gasteiger partial charge in [-0.15, -0.1) is 23.2 Å². The molecule has 0 saturated carbocycles. The summed E-state index contributed by atoms with van der Waals surface area (Å²) in [5, 5.41) is 22.9. The number of nitrogens with two attached hydrogens (primary N) is 1. The number of carbonyl (C=O) groups excluding carboxylic acids is 3. The molecule has 12 heteroatoms. The fourth-order valence-electron chi connectivity index (χ4n) is 5.03. The van der Waals surface area contributed by atoms with Crippen LogP contribution in [0.5, 0.6) is 0 Å². The highest BCUT2D eigenvalue weighted by Crippen LogP contribution is 2.24. The van der Waals surface area contributed by atoms with E-state index in [0.717, 1.165) is 25.7 Å². The first kappa shape index (κ1) is 36.4. The van der Waals surface area contributed by atoms with Crippen LogP contribution in [0.3, 0.4) is 0 Å². The molecule has 1 fully saturated rings. The number of unbranched alkanes of at least 4 members (excludes halogenated alkanes) is 3. The highest BCUT2D eigenvalue weighted by Gasteiger charge is 2.41. The second-order valence-corrected chi connectivity index (χ2v) is 12.8. The third kappa shape index (κ3) is 11.3. The number of aliphatic hydroxyl groups excluding tert-OH is 1. The van der Waals surface area contributed by atoms with Gasteiger partial charge in [-0.3, -0.25) is 14.4 Å². The monoisotopic (exact) mass is 608 g/mol. The number of halogens is 2. The van der Waals surface area contributed by atoms with E-state index in [9.17, 15) is 29.4 Å². The Morgan fingerprint density at radius 3 is 2.20 bits per heavy atom. The SMILES string of the molecule is CCC(C)C(NC(=O)C(O)C(N)CCCCCCC(Cl)Cl)C(=O)N(C)C(CC(C)C)C(=O)N1CCCC1C(=O)O. The summed E-state index contributed by atoms with van der Waals surface area (Å²) in [5.41, 5.74) is 6.10. The summed E-state index contributed by atoms with van der Waals surface area (Å²) in [6.07, 6.45) is 4.92. The van der Waals surface area contributed by atoms with E-state index in [0.29, 0.717) is 45.1 Å². The number of carbonyl (C=O) groups is 4. The van der Waals surface area contributed by atoms with Crippen molar-refractivity contribution in [3.8, 4) is 0 Å². The van der Waals surface area contributed by atoms with Crippen LogP contribution in [0.1, 0.15) is 91.9 Å². The Balaban J connectivity index is 2.94. The lowest BCUT2D eigenvalue weighted by Gasteiger charge is -2.36. The van der Waals surface area contributed by atoms with E-state index in [1.165, 1.54) is 16.8 Å². The van der Waals surface area contributed by atoms with E-state index in [1.54, 1.807) is 0 Å². The number of aliphatic hydroxyl groups is 1.